The molecule has 0 radical (unpaired) electrons. The molecule has 2 aliphatic heterocycles. The summed E-state index contributed by atoms with van der Waals surface area (Å²) < 4.78 is 0. The van der Waals surface area contributed by atoms with Crippen molar-refractivity contribution in [1.82, 2.24) is 9.80 Å². The fourth-order valence-corrected chi connectivity index (χ4v) is 3.69. The van der Waals surface area contributed by atoms with Crippen molar-refractivity contribution < 1.29 is 0 Å². The molecule has 0 amide bonds. The second kappa shape index (κ2) is 6.06. The molecule has 2 nitrogen and oxygen atoms in total. The molecule has 2 heterocycles. The van der Waals surface area contributed by atoms with Crippen molar-refractivity contribution in [3.05, 3.63) is 35.9 Å². The van der Waals surface area contributed by atoms with E-state index < -0.39 is 0 Å². The molecule has 0 aliphatic carbocycles. The number of hydrogen-bond acceptors (Lipinski definition) is 2. The van der Waals surface area contributed by atoms with Crippen molar-refractivity contribution >= 4 is 0 Å². The molecule has 1 unspecified atom stereocenters. The van der Waals surface area contributed by atoms with E-state index in [0.717, 1.165) is 6.04 Å². The number of nitrogens with zero attached hydrogens (tertiary/aromatic N) is 2. The molecule has 0 saturated carbocycles. The highest BCUT2D eigenvalue weighted by Gasteiger charge is 2.28. The lowest BCUT2D eigenvalue weighted by molar-refractivity contribution is 0.102. The van der Waals surface area contributed by atoms with Gasteiger partial charge in [-0.25, -0.2) is 0 Å². The highest BCUT2D eigenvalue weighted by atomic mass is 15.2. The SMILES string of the molecule is CC(c1ccccc1)N1CCC(N2CCCC2)CC1. The van der Waals surface area contributed by atoms with Crippen LogP contribution in [-0.4, -0.2) is 42.0 Å². The van der Waals surface area contributed by atoms with Crippen LogP contribution in [0.2, 0.25) is 0 Å². The Hall–Kier alpha value is -0.860. The molecule has 2 saturated heterocycles. The highest BCUT2D eigenvalue weighted by molar-refractivity contribution is 5.18. The zero-order valence-electron chi connectivity index (χ0n) is 12.1. The lowest BCUT2D eigenvalue weighted by atomic mass is 9.99. The van der Waals surface area contributed by atoms with Crippen molar-refractivity contribution in [2.45, 2.75) is 44.7 Å². The Morgan fingerprint density at radius 2 is 1.58 bits per heavy atom. The summed E-state index contributed by atoms with van der Waals surface area (Å²) in [5.41, 5.74) is 1.46. The second-order valence-electron chi connectivity index (χ2n) is 6.10. The first-order valence-corrected chi connectivity index (χ1v) is 7.87. The molecule has 1 atom stereocenters. The number of benzene rings is 1. The Balaban J connectivity index is 1.55. The quantitative estimate of drug-likeness (QED) is 0.820. The van der Waals surface area contributed by atoms with Crippen LogP contribution in [0, 0.1) is 0 Å². The predicted octanol–water partition coefficient (Wildman–Crippen LogP) is 3.31. The molecule has 2 heteroatoms. The monoisotopic (exact) mass is 258 g/mol. The summed E-state index contributed by atoms with van der Waals surface area (Å²) in [7, 11) is 0. The van der Waals surface area contributed by atoms with Crippen molar-refractivity contribution in [1.29, 1.82) is 0 Å². The minimum absolute atomic E-state index is 0.570. The van der Waals surface area contributed by atoms with E-state index in [0.29, 0.717) is 6.04 Å². The van der Waals surface area contributed by atoms with Gasteiger partial charge in [-0.2, -0.15) is 0 Å². The Labute approximate surface area is 117 Å². The smallest absolute Gasteiger partial charge is 0.0319 e. The molecule has 0 N–H and O–H groups in total. The lowest BCUT2D eigenvalue weighted by Crippen LogP contribution is -2.44. The molecule has 0 spiro atoms. The van der Waals surface area contributed by atoms with Crippen LogP contribution in [0.4, 0.5) is 0 Å². The van der Waals surface area contributed by atoms with Gasteiger partial charge in [0.1, 0.15) is 0 Å². The first-order valence-electron chi connectivity index (χ1n) is 7.87. The van der Waals surface area contributed by atoms with Crippen molar-refractivity contribution in [3.8, 4) is 0 Å². The van der Waals surface area contributed by atoms with Gasteiger partial charge in [-0.15, -0.1) is 0 Å². The third kappa shape index (κ3) is 3.01. The number of likely N-dealkylation sites (tertiary alicyclic amines) is 2. The van der Waals surface area contributed by atoms with Gasteiger partial charge in [-0.1, -0.05) is 30.3 Å². The maximum absolute atomic E-state index is 2.73. The number of piperidine rings is 1. The van der Waals surface area contributed by atoms with Crippen molar-refractivity contribution in [2.24, 2.45) is 0 Å². The summed E-state index contributed by atoms with van der Waals surface area (Å²) in [5, 5.41) is 0. The average Bonchev–Trinajstić information content (AvgIpc) is 3.02. The van der Waals surface area contributed by atoms with Gasteiger partial charge >= 0.3 is 0 Å². The molecular weight excluding hydrogens is 232 g/mol. The molecule has 2 fully saturated rings. The summed E-state index contributed by atoms with van der Waals surface area (Å²) in [6, 6.07) is 12.4. The standard InChI is InChI=1S/C17H26N2/c1-15(16-7-3-2-4-8-16)18-13-9-17(10-14-18)19-11-5-6-12-19/h2-4,7-8,15,17H,5-6,9-14H2,1H3. The molecule has 0 bridgehead atoms. The highest BCUT2D eigenvalue weighted by Crippen LogP contribution is 2.27. The Morgan fingerprint density at radius 3 is 2.21 bits per heavy atom. The number of hydrogen-bond donors (Lipinski definition) is 0. The third-order valence-corrected chi connectivity index (χ3v) is 4.99. The second-order valence-corrected chi connectivity index (χ2v) is 6.10. The maximum atomic E-state index is 2.73. The van der Waals surface area contributed by atoms with Crippen LogP contribution in [0.1, 0.15) is 44.2 Å². The zero-order valence-corrected chi connectivity index (χ0v) is 12.1. The lowest BCUT2D eigenvalue weighted by Gasteiger charge is -2.39. The minimum Gasteiger partial charge on any atom is -0.300 e. The Bertz CT molecular complexity index is 376. The van der Waals surface area contributed by atoms with Gasteiger partial charge in [0.15, 0.2) is 0 Å². The van der Waals surface area contributed by atoms with Crippen LogP contribution >= 0.6 is 0 Å². The normalized spacial score (nSPS) is 24.7. The molecule has 19 heavy (non-hydrogen) atoms. The van der Waals surface area contributed by atoms with E-state index in [1.165, 1.54) is 57.4 Å². The topological polar surface area (TPSA) is 6.48 Å². The van der Waals surface area contributed by atoms with Gasteiger partial charge in [0.05, 0.1) is 0 Å². The summed E-state index contributed by atoms with van der Waals surface area (Å²) in [4.78, 5) is 5.38. The molecular formula is C17H26N2. The van der Waals surface area contributed by atoms with E-state index in [2.05, 4.69) is 47.1 Å². The van der Waals surface area contributed by atoms with Gasteiger partial charge in [-0.3, -0.25) is 4.90 Å². The van der Waals surface area contributed by atoms with E-state index in [-0.39, 0.29) is 0 Å². The van der Waals surface area contributed by atoms with Crippen LogP contribution < -0.4 is 0 Å². The van der Waals surface area contributed by atoms with Crippen molar-refractivity contribution in [2.75, 3.05) is 26.2 Å². The fourth-order valence-electron chi connectivity index (χ4n) is 3.69. The largest absolute Gasteiger partial charge is 0.300 e. The van der Waals surface area contributed by atoms with E-state index in [9.17, 15) is 0 Å². The first kappa shape index (κ1) is 13.1. The summed E-state index contributed by atoms with van der Waals surface area (Å²) in [6.07, 6.45) is 5.55. The van der Waals surface area contributed by atoms with Crippen LogP contribution in [0.25, 0.3) is 0 Å². The van der Waals surface area contributed by atoms with Crippen LogP contribution in [0.5, 0.6) is 0 Å². The van der Waals surface area contributed by atoms with Gasteiger partial charge in [0.25, 0.3) is 0 Å². The van der Waals surface area contributed by atoms with E-state index >= 15 is 0 Å². The Kier molecular flexibility index (Phi) is 4.19. The fraction of sp³-hybridized carbons (Fsp3) is 0.647. The van der Waals surface area contributed by atoms with Gasteiger partial charge < -0.3 is 4.90 Å². The zero-order chi connectivity index (χ0) is 13.1. The van der Waals surface area contributed by atoms with Gasteiger partial charge in [0.2, 0.25) is 0 Å². The van der Waals surface area contributed by atoms with Crippen LogP contribution in [0.15, 0.2) is 30.3 Å². The van der Waals surface area contributed by atoms with Crippen molar-refractivity contribution in [3.63, 3.8) is 0 Å². The third-order valence-electron chi connectivity index (χ3n) is 4.99. The molecule has 0 aromatic heterocycles. The molecule has 1 aromatic rings. The maximum Gasteiger partial charge on any atom is 0.0319 e. The van der Waals surface area contributed by atoms with Gasteiger partial charge in [0, 0.05) is 25.2 Å². The van der Waals surface area contributed by atoms with Gasteiger partial charge in [-0.05, 0) is 51.3 Å². The Morgan fingerprint density at radius 1 is 0.947 bits per heavy atom. The van der Waals surface area contributed by atoms with Crippen LogP contribution in [0.3, 0.4) is 0 Å². The van der Waals surface area contributed by atoms with Crippen LogP contribution in [-0.2, 0) is 0 Å². The molecule has 104 valence electrons. The van der Waals surface area contributed by atoms with E-state index in [4.69, 9.17) is 0 Å². The predicted molar refractivity (Wildman–Crippen MR) is 80.3 cm³/mol. The van der Waals surface area contributed by atoms with E-state index in [1.807, 2.05) is 0 Å². The summed E-state index contributed by atoms with van der Waals surface area (Å²) in [5.74, 6) is 0. The minimum atomic E-state index is 0.570. The first-order chi connectivity index (χ1) is 9.34. The molecule has 2 aliphatic rings. The average molecular weight is 258 g/mol. The number of rotatable bonds is 3. The summed E-state index contributed by atoms with van der Waals surface area (Å²) >= 11 is 0. The summed E-state index contributed by atoms with van der Waals surface area (Å²) in [6.45, 7) is 7.57. The molecule has 1 aromatic carbocycles. The molecule has 3 rings (SSSR count). The van der Waals surface area contributed by atoms with E-state index in [1.54, 1.807) is 0 Å².